The first-order valence-corrected chi connectivity index (χ1v) is 8.00. The lowest BCUT2D eigenvalue weighted by Gasteiger charge is -2.42. The number of piperazine rings is 1. The number of hydrogen-bond donors (Lipinski definition) is 1. The Labute approximate surface area is 131 Å². The van der Waals surface area contributed by atoms with Gasteiger partial charge >= 0.3 is 0 Å². The van der Waals surface area contributed by atoms with Crippen molar-refractivity contribution in [3.8, 4) is 0 Å². The maximum atomic E-state index is 13.3. The van der Waals surface area contributed by atoms with Crippen LogP contribution in [0.25, 0.3) is 0 Å². The van der Waals surface area contributed by atoms with Crippen molar-refractivity contribution in [1.82, 2.24) is 9.80 Å². The molecule has 124 valence electrons. The van der Waals surface area contributed by atoms with Crippen molar-refractivity contribution < 1.29 is 13.9 Å². The Kier molecular flexibility index (Phi) is 6.29. The van der Waals surface area contributed by atoms with Gasteiger partial charge in [-0.25, -0.2) is 8.78 Å². The Morgan fingerprint density at radius 3 is 2.64 bits per heavy atom. The fourth-order valence-electron chi connectivity index (χ4n) is 3.14. The van der Waals surface area contributed by atoms with E-state index in [0.29, 0.717) is 18.9 Å². The van der Waals surface area contributed by atoms with Crippen molar-refractivity contribution in [3.63, 3.8) is 0 Å². The van der Waals surface area contributed by atoms with Gasteiger partial charge in [0, 0.05) is 45.4 Å². The SMILES string of the molecule is CC(C)CN1CCN(Cc2ccc(F)c(F)c2)[C@@H](CCO)C1. The molecule has 0 aromatic heterocycles. The van der Waals surface area contributed by atoms with E-state index in [4.69, 9.17) is 0 Å². The molecular formula is C17H26F2N2O. The normalized spacial score (nSPS) is 20.7. The van der Waals surface area contributed by atoms with Gasteiger partial charge in [-0.15, -0.1) is 0 Å². The molecule has 0 amide bonds. The van der Waals surface area contributed by atoms with Gasteiger partial charge in [0.15, 0.2) is 11.6 Å². The van der Waals surface area contributed by atoms with Crippen molar-refractivity contribution in [2.24, 2.45) is 5.92 Å². The lowest BCUT2D eigenvalue weighted by atomic mass is 10.1. The summed E-state index contributed by atoms with van der Waals surface area (Å²) in [4.78, 5) is 4.69. The fraction of sp³-hybridized carbons (Fsp3) is 0.647. The Morgan fingerprint density at radius 1 is 1.23 bits per heavy atom. The quantitative estimate of drug-likeness (QED) is 0.874. The summed E-state index contributed by atoms with van der Waals surface area (Å²) < 4.78 is 26.4. The highest BCUT2D eigenvalue weighted by Crippen LogP contribution is 2.18. The van der Waals surface area contributed by atoms with E-state index >= 15 is 0 Å². The second-order valence-electron chi connectivity index (χ2n) is 6.54. The zero-order chi connectivity index (χ0) is 16.1. The molecule has 1 fully saturated rings. The predicted octanol–water partition coefficient (Wildman–Crippen LogP) is 2.49. The van der Waals surface area contributed by atoms with E-state index < -0.39 is 11.6 Å². The lowest BCUT2D eigenvalue weighted by molar-refractivity contribution is 0.0483. The van der Waals surface area contributed by atoms with Gasteiger partial charge in [0.05, 0.1) is 0 Å². The Bertz CT molecular complexity index is 482. The molecule has 2 rings (SSSR count). The van der Waals surface area contributed by atoms with Crippen molar-refractivity contribution >= 4 is 0 Å². The molecule has 0 radical (unpaired) electrons. The zero-order valence-electron chi connectivity index (χ0n) is 13.4. The van der Waals surface area contributed by atoms with Crippen LogP contribution in [0.15, 0.2) is 18.2 Å². The summed E-state index contributed by atoms with van der Waals surface area (Å²) in [5, 5.41) is 9.30. The van der Waals surface area contributed by atoms with Crippen molar-refractivity contribution in [1.29, 1.82) is 0 Å². The number of nitrogens with zero attached hydrogens (tertiary/aromatic N) is 2. The molecule has 1 atom stereocenters. The maximum Gasteiger partial charge on any atom is 0.159 e. The molecule has 0 unspecified atom stereocenters. The molecule has 1 N–H and O–H groups in total. The highest BCUT2D eigenvalue weighted by molar-refractivity contribution is 5.18. The highest BCUT2D eigenvalue weighted by Gasteiger charge is 2.26. The molecule has 3 nitrogen and oxygen atoms in total. The monoisotopic (exact) mass is 312 g/mol. The molecule has 1 aliphatic rings. The van der Waals surface area contributed by atoms with Crippen LogP contribution in [0, 0.1) is 17.6 Å². The summed E-state index contributed by atoms with van der Waals surface area (Å²) in [5.74, 6) is -0.986. The third kappa shape index (κ3) is 4.73. The number of benzene rings is 1. The van der Waals surface area contributed by atoms with Crippen LogP contribution >= 0.6 is 0 Å². The molecule has 5 heteroatoms. The van der Waals surface area contributed by atoms with Crippen LogP contribution in [0.2, 0.25) is 0 Å². The molecule has 1 saturated heterocycles. The molecular weight excluding hydrogens is 286 g/mol. The summed E-state index contributed by atoms with van der Waals surface area (Å²) in [6, 6.07) is 4.34. The summed E-state index contributed by atoms with van der Waals surface area (Å²) in [5.41, 5.74) is 0.777. The molecule has 1 aromatic carbocycles. The molecule has 0 aliphatic carbocycles. The highest BCUT2D eigenvalue weighted by atomic mass is 19.2. The second-order valence-corrected chi connectivity index (χ2v) is 6.54. The summed E-state index contributed by atoms with van der Waals surface area (Å²) in [6.45, 7) is 8.98. The van der Waals surface area contributed by atoms with Crippen LogP contribution in [-0.2, 0) is 6.54 Å². The summed E-state index contributed by atoms with van der Waals surface area (Å²) in [7, 11) is 0. The van der Waals surface area contributed by atoms with E-state index in [1.165, 1.54) is 12.1 Å². The minimum atomic E-state index is -0.808. The Balaban J connectivity index is 2.00. The van der Waals surface area contributed by atoms with E-state index in [1.54, 1.807) is 6.07 Å². The minimum absolute atomic E-state index is 0.147. The third-order valence-electron chi connectivity index (χ3n) is 4.14. The van der Waals surface area contributed by atoms with Crippen LogP contribution in [0.3, 0.4) is 0 Å². The first-order chi connectivity index (χ1) is 10.5. The van der Waals surface area contributed by atoms with Crippen molar-refractivity contribution in [2.45, 2.75) is 32.9 Å². The average molecular weight is 312 g/mol. The lowest BCUT2D eigenvalue weighted by Crippen LogP contribution is -2.53. The molecule has 1 heterocycles. The van der Waals surface area contributed by atoms with E-state index in [2.05, 4.69) is 23.6 Å². The van der Waals surface area contributed by atoms with Crippen molar-refractivity contribution in [3.05, 3.63) is 35.4 Å². The zero-order valence-corrected chi connectivity index (χ0v) is 13.4. The first-order valence-electron chi connectivity index (χ1n) is 8.00. The molecule has 1 aromatic rings. The van der Waals surface area contributed by atoms with Crippen LogP contribution < -0.4 is 0 Å². The van der Waals surface area contributed by atoms with Gasteiger partial charge in [-0.2, -0.15) is 0 Å². The van der Waals surface area contributed by atoms with Gasteiger partial charge in [-0.3, -0.25) is 4.90 Å². The number of aliphatic hydroxyl groups excluding tert-OH is 1. The van der Waals surface area contributed by atoms with Crippen LogP contribution in [0.1, 0.15) is 25.8 Å². The standard InChI is InChI=1S/C17H26F2N2O/c1-13(2)10-20-6-7-21(15(12-20)5-8-22)11-14-3-4-16(18)17(19)9-14/h3-4,9,13,15,22H,5-8,10-12H2,1-2H3/t15-/m0/s1. The fourth-order valence-corrected chi connectivity index (χ4v) is 3.14. The number of halogens is 2. The Hall–Kier alpha value is -1.04. The van der Waals surface area contributed by atoms with Gasteiger partial charge in [0.2, 0.25) is 0 Å². The van der Waals surface area contributed by atoms with E-state index in [-0.39, 0.29) is 12.6 Å². The van der Waals surface area contributed by atoms with Gasteiger partial charge in [-0.05, 0) is 30.0 Å². The average Bonchev–Trinajstić information content (AvgIpc) is 2.45. The smallest absolute Gasteiger partial charge is 0.159 e. The molecule has 0 bridgehead atoms. The largest absolute Gasteiger partial charge is 0.396 e. The summed E-state index contributed by atoms with van der Waals surface area (Å²) >= 11 is 0. The molecule has 0 spiro atoms. The van der Waals surface area contributed by atoms with Crippen LogP contribution in [0.5, 0.6) is 0 Å². The maximum absolute atomic E-state index is 13.3. The summed E-state index contributed by atoms with van der Waals surface area (Å²) in [6.07, 6.45) is 0.707. The molecule has 1 aliphatic heterocycles. The second kappa shape index (κ2) is 7.99. The molecule has 0 saturated carbocycles. The predicted molar refractivity (Wildman–Crippen MR) is 83.5 cm³/mol. The van der Waals surface area contributed by atoms with E-state index in [1.807, 2.05) is 0 Å². The third-order valence-corrected chi connectivity index (χ3v) is 4.14. The Morgan fingerprint density at radius 2 is 2.00 bits per heavy atom. The van der Waals surface area contributed by atoms with Crippen LogP contribution in [0.4, 0.5) is 8.78 Å². The van der Waals surface area contributed by atoms with E-state index in [0.717, 1.165) is 31.7 Å². The number of aliphatic hydroxyl groups is 1. The van der Waals surface area contributed by atoms with Gasteiger partial charge in [-0.1, -0.05) is 19.9 Å². The van der Waals surface area contributed by atoms with Gasteiger partial charge < -0.3 is 10.0 Å². The topological polar surface area (TPSA) is 26.7 Å². The number of hydrogen-bond acceptors (Lipinski definition) is 3. The van der Waals surface area contributed by atoms with E-state index in [9.17, 15) is 13.9 Å². The van der Waals surface area contributed by atoms with Gasteiger partial charge in [0.1, 0.15) is 0 Å². The molecule has 22 heavy (non-hydrogen) atoms. The minimum Gasteiger partial charge on any atom is -0.396 e. The van der Waals surface area contributed by atoms with Crippen molar-refractivity contribution in [2.75, 3.05) is 32.8 Å². The van der Waals surface area contributed by atoms with Crippen LogP contribution in [-0.4, -0.2) is 53.7 Å². The first kappa shape index (κ1) is 17.3. The number of rotatable bonds is 6. The van der Waals surface area contributed by atoms with Gasteiger partial charge in [0.25, 0.3) is 0 Å².